The minimum Gasteiger partial charge on any atom is -0.271 e. The molecule has 3 N–H and O–H groups in total. The number of nitrogens with two attached hydrogens (primary N) is 1. The summed E-state index contributed by atoms with van der Waals surface area (Å²) in [6, 6.07) is 8.99. The van der Waals surface area contributed by atoms with E-state index in [4.69, 9.17) is 5.84 Å². The number of hydrogen-bond acceptors (Lipinski definition) is 3. The van der Waals surface area contributed by atoms with Crippen molar-refractivity contribution in [1.82, 2.24) is 5.43 Å². The number of rotatable bonds is 5. The highest BCUT2D eigenvalue weighted by atomic mass is 79.9. The van der Waals surface area contributed by atoms with Crippen molar-refractivity contribution in [1.29, 1.82) is 0 Å². The normalized spacial score (nSPS) is 12.7. The van der Waals surface area contributed by atoms with Gasteiger partial charge in [0.05, 0.1) is 6.04 Å². The molecule has 0 saturated heterocycles. The SMILES string of the molecule is CCc1ccc(CC(NN)c2cc(C)c(Br)c(C)c2)s1. The molecule has 0 radical (unpaired) electrons. The first-order valence-corrected chi connectivity index (χ1v) is 8.46. The number of nitrogens with one attached hydrogen (secondary N) is 1. The third kappa shape index (κ3) is 3.50. The molecule has 0 aliphatic rings. The van der Waals surface area contributed by atoms with E-state index >= 15 is 0 Å². The Bertz CT molecular complexity index is 569. The molecule has 0 aliphatic heterocycles. The molecule has 0 fully saturated rings. The average Bonchev–Trinajstić information content (AvgIpc) is 2.89. The fourth-order valence-corrected chi connectivity index (χ4v) is 3.61. The van der Waals surface area contributed by atoms with Crippen LogP contribution in [0, 0.1) is 13.8 Å². The molecule has 2 aromatic rings. The topological polar surface area (TPSA) is 38.0 Å². The fraction of sp³-hybridized carbons (Fsp3) is 0.375. The van der Waals surface area contributed by atoms with Gasteiger partial charge in [-0.25, -0.2) is 0 Å². The summed E-state index contributed by atoms with van der Waals surface area (Å²) in [4.78, 5) is 2.81. The van der Waals surface area contributed by atoms with Crippen LogP contribution in [0.1, 0.15) is 39.4 Å². The highest BCUT2D eigenvalue weighted by Gasteiger charge is 2.14. The Kier molecular flexibility index (Phi) is 5.38. The van der Waals surface area contributed by atoms with E-state index in [1.54, 1.807) is 0 Å². The molecule has 1 heterocycles. The second kappa shape index (κ2) is 6.85. The number of hydrazine groups is 1. The van der Waals surface area contributed by atoms with Crippen LogP contribution < -0.4 is 11.3 Å². The van der Waals surface area contributed by atoms with Gasteiger partial charge in [-0.1, -0.05) is 35.0 Å². The van der Waals surface area contributed by atoms with Crippen LogP contribution in [-0.4, -0.2) is 0 Å². The standard InChI is InChI=1S/C16H21BrN2S/c1-4-13-5-6-14(20-13)9-15(19-18)12-7-10(2)16(17)11(3)8-12/h5-8,15,19H,4,9,18H2,1-3H3. The van der Waals surface area contributed by atoms with Gasteiger partial charge in [0.15, 0.2) is 0 Å². The smallest absolute Gasteiger partial charge is 0.0508 e. The van der Waals surface area contributed by atoms with Gasteiger partial charge in [0.25, 0.3) is 0 Å². The van der Waals surface area contributed by atoms with Gasteiger partial charge in [0.1, 0.15) is 0 Å². The lowest BCUT2D eigenvalue weighted by Crippen LogP contribution is -2.29. The Balaban J connectivity index is 2.23. The maximum atomic E-state index is 5.77. The van der Waals surface area contributed by atoms with Crippen molar-refractivity contribution in [2.24, 2.45) is 5.84 Å². The Morgan fingerprint density at radius 2 is 1.80 bits per heavy atom. The molecule has 1 aromatic heterocycles. The first kappa shape index (κ1) is 15.7. The van der Waals surface area contributed by atoms with Crippen molar-refractivity contribution >= 4 is 27.3 Å². The zero-order valence-electron chi connectivity index (χ0n) is 12.2. The molecule has 0 spiro atoms. The predicted octanol–water partition coefficient (Wildman–Crippen LogP) is 4.44. The summed E-state index contributed by atoms with van der Waals surface area (Å²) in [5.41, 5.74) is 6.71. The summed E-state index contributed by atoms with van der Waals surface area (Å²) >= 11 is 5.49. The Morgan fingerprint density at radius 1 is 1.20 bits per heavy atom. The van der Waals surface area contributed by atoms with Crippen LogP contribution in [0.5, 0.6) is 0 Å². The van der Waals surface area contributed by atoms with Gasteiger partial charge in [-0.15, -0.1) is 11.3 Å². The molecule has 0 amide bonds. The summed E-state index contributed by atoms with van der Waals surface area (Å²) in [5.74, 6) is 5.77. The van der Waals surface area contributed by atoms with Gasteiger partial charge < -0.3 is 0 Å². The molecule has 4 heteroatoms. The third-order valence-corrected chi connectivity index (χ3v) is 6.04. The zero-order valence-corrected chi connectivity index (χ0v) is 14.6. The van der Waals surface area contributed by atoms with E-state index in [1.807, 2.05) is 11.3 Å². The van der Waals surface area contributed by atoms with Crippen molar-refractivity contribution in [3.63, 3.8) is 0 Å². The Hall–Kier alpha value is -0.680. The molecule has 0 saturated carbocycles. The first-order valence-electron chi connectivity index (χ1n) is 6.85. The van der Waals surface area contributed by atoms with Crippen LogP contribution in [0.15, 0.2) is 28.7 Å². The van der Waals surface area contributed by atoms with Crippen molar-refractivity contribution in [3.8, 4) is 0 Å². The molecule has 108 valence electrons. The van der Waals surface area contributed by atoms with Gasteiger partial charge in [0, 0.05) is 20.6 Å². The predicted molar refractivity (Wildman–Crippen MR) is 91.1 cm³/mol. The van der Waals surface area contributed by atoms with Crippen LogP contribution >= 0.6 is 27.3 Å². The van der Waals surface area contributed by atoms with Crippen LogP contribution in [0.4, 0.5) is 0 Å². The second-order valence-electron chi connectivity index (χ2n) is 5.11. The minimum atomic E-state index is 0.156. The first-order chi connectivity index (χ1) is 9.55. The molecule has 0 bridgehead atoms. The van der Waals surface area contributed by atoms with Crippen molar-refractivity contribution in [2.45, 2.75) is 39.7 Å². The van der Waals surface area contributed by atoms with Crippen LogP contribution in [-0.2, 0) is 12.8 Å². The fourth-order valence-electron chi connectivity index (χ4n) is 2.38. The molecule has 1 atom stereocenters. The summed E-state index contributed by atoms with van der Waals surface area (Å²) in [7, 11) is 0. The van der Waals surface area contributed by atoms with Gasteiger partial charge in [-0.3, -0.25) is 11.3 Å². The number of aryl methyl sites for hydroxylation is 3. The van der Waals surface area contributed by atoms with Gasteiger partial charge in [-0.2, -0.15) is 0 Å². The lowest BCUT2D eigenvalue weighted by atomic mass is 9.99. The highest BCUT2D eigenvalue weighted by molar-refractivity contribution is 9.10. The maximum absolute atomic E-state index is 5.77. The molecule has 0 aliphatic carbocycles. The summed E-state index contributed by atoms with van der Waals surface area (Å²) < 4.78 is 1.18. The summed E-state index contributed by atoms with van der Waals surface area (Å²) in [5, 5.41) is 0. The van der Waals surface area contributed by atoms with Crippen LogP contribution in [0.3, 0.4) is 0 Å². The zero-order chi connectivity index (χ0) is 14.7. The van der Waals surface area contributed by atoms with Crippen LogP contribution in [0.25, 0.3) is 0 Å². The molecule has 20 heavy (non-hydrogen) atoms. The quantitative estimate of drug-likeness (QED) is 0.616. The lowest BCUT2D eigenvalue weighted by Gasteiger charge is -2.18. The molecule has 1 unspecified atom stereocenters. The van der Waals surface area contributed by atoms with Crippen molar-refractivity contribution in [3.05, 3.63) is 55.2 Å². The molecular formula is C16H21BrN2S. The van der Waals surface area contributed by atoms with Gasteiger partial charge in [-0.05, 0) is 49.1 Å². The second-order valence-corrected chi connectivity index (χ2v) is 7.16. The van der Waals surface area contributed by atoms with Crippen LogP contribution in [0.2, 0.25) is 0 Å². The maximum Gasteiger partial charge on any atom is 0.0508 e. The molecular weight excluding hydrogens is 332 g/mol. The number of thiophene rings is 1. The number of benzene rings is 1. The molecule has 2 nitrogen and oxygen atoms in total. The molecule has 2 rings (SSSR count). The summed E-state index contributed by atoms with van der Waals surface area (Å²) in [6.07, 6.45) is 2.03. The number of halogens is 1. The largest absolute Gasteiger partial charge is 0.271 e. The van der Waals surface area contributed by atoms with E-state index in [0.717, 1.165) is 12.8 Å². The average molecular weight is 353 g/mol. The van der Waals surface area contributed by atoms with E-state index in [0.29, 0.717) is 0 Å². The number of hydrogen-bond donors (Lipinski definition) is 2. The summed E-state index contributed by atoms with van der Waals surface area (Å²) in [6.45, 7) is 6.43. The van der Waals surface area contributed by atoms with E-state index in [-0.39, 0.29) is 6.04 Å². The Labute approximate surface area is 133 Å². The lowest BCUT2D eigenvalue weighted by molar-refractivity contribution is 0.555. The van der Waals surface area contributed by atoms with Gasteiger partial charge in [0.2, 0.25) is 0 Å². The van der Waals surface area contributed by atoms with Crippen molar-refractivity contribution in [2.75, 3.05) is 0 Å². The van der Waals surface area contributed by atoms with E-state index in [9.17, 15) is 0 Å². The van der Waals surface area contributed by atoms with Crippen molar-refractivity contribution < 1.29 is 0 Å². The van der Waals surface area contributed by atoms with E-state index in [2.05, 4.69) is 66.4 Å². The Morgan fingerprint density at radius 3 is 2.30 bits per heavy atom. The van der Waals surface area contributed by atoms with E-state index in [1.165, 1.54) is 30.9 Å². The minimum absolute atomic E-state index is 0.156. The highest BCUT2D eigenvalue weighted by Crippen LogP contribution is 2.28. The van der Waals surface area contributed by atoms with E-state index < -0.39 is 0 Å². The van der Waals surface area contributed by atoms with Gasteiger partial charge >= 0.3 is 0 Å². The monoisotopic (exact) mass is 352 g/mol. The third-order valence-electron chi connectivity index (χ3n) is 3.53. The molecule has 1 aromatic carbocycles.